The molecule has 1 unspecified atom stereocenters. The van der Waals surface area contributed by atoms with Crippen molar-refractivity contribution in [1.82, 2.24) is 14.6 Å². The summed E-state index contributed by atoms with van der Waals surface area (Å²) in [4.78, 5) is 22.4. The number of piperazine rings is 1. The predicted molar refractivity (Wildman–Crippen MR) is 118 cm³/mol. The Hall–Kier alpha value is -2.51. The van der Waals surface area contributed by atoms with Gasteiger partial charge in [0.05, 0.1) is 22.8 Å². The number of pyridine rings is 1. The third kappa shape index (κ3) is 4.48. The van der Waals surface area contributed by atoms with Crippen molar-refractivity contribution < 1.29 is 4.21 Å². The molecule has 6 nitrogen and oxygen atoms in total. The predicted octanol–water partition coefficient (Wildman–Crippen LogP) is 2.07. The van der Waals surface area contributed by atoms with Gasteiger partial charge >= 0.3 is 0 Å². The first kappa shape index (κ1) is 20.2. The summed E-state index contributed by atoms with van der Waals surface area (Å²) >= 11 is 0. The van der Waals surface area contributed by atoms with Crippen LogP contribution in [0.15, 0.2) is 47.5 Å². The van der Waals surface area contributed by atoms with Crippen molar-refractivity contribution in [1.29, 1.82) is 0 Å². The van der Waals surface area contributed by atoms with E-state index in [4.69, 9.17) is 0 Å². The Morgan fingerprint density at radius 1 is 1.29 bits per heavy atom. The number of anilines is 1. The number of hydrogen-bond acceptors (Lipinski definition) is 5. The van der Waals surface area contributed by atoms with Gasteiger partial charge in [0.2, 0.25) is 0 Å². The lowest BCUT2D eigenvalue weighted by Gasteiger charge is -2.33. The van der Waals surface area contributed by atoms with Crippen LogP contribution in [0, 0.1) is 6.92 Å². The third-order valence-electron chi connectivity index (χ3n) is 4.96. The molecule has 1 saturated heterocycles. The van der Waals surface area contributed by atoms with Gasteiger partial charge in [0.15, 0.2) is 5.43 Å². The van der Waals surface area contributed by atoms with Crippen LogP contribution in [0.1, 0.15) is 11.1 Å². The van der Waals surface area contributed by atoms with Gasteiger partial charge in [0, 0.05) is 43.7 Å². The summed E-state index contributed by atoms with van der Waals surface area (Å²) < 4.78 is 14.3. The SMILES string of the molecule is C=C/C(=C\c1c(C)ccc2ncc(N3CCN(C)CC3)cc2c1=O)NS(C)=O. The number of aromatic nitrogens is 1. The number of aryl methyl sites for hydroxylation is 1. The molecular weight excluding hydrogens is 372 g/mol. The van der Waals surface area contributed by atoms with Gasteiger partial charge in [-0.1, -0.05) is 12.6 Å². The molecule has 1 aliphatic rings. The second-order valence-corrected chi connectivity index (χ2v) is 8.15. The van der Waals surface area contributed by atoms with Gasteiger partial charge in [-0.05, 0) is 43.8 Å². The maximum atomic E-state index is 13.3. The molecule has 148 valence electrons. The maximum Gasteiger partial charge on any atom is 0.195 e. The van der Waals surface area contributed by atoms with Crippen LogP contribution < -0.4 is 15.1 Å². The molecule has 1 aromatic carbocycles. The summed E-state index contributed by atoms with van der Waals surface area (Å²) in [5.74, 6) is 0. The number of likely N-dealkylation sites (N-methyl/N-ethyl adjacent to an activating group) is 1. The average molecular weight is 399 g/mol. The zero-order valence-electron chi connectivity index (χ0n) is 16.6. The fraction of sp³-hybridized carbons (Fsp3) is 0.333. The molecule has 0 radical (unpaired) electrons. The molecule has 0 aliphatic carbocycles. The van der Waals surface area contributed by atoms with Crippen LogP contribution in [0.3, 0.4) is 0 Å². The highest BCUT2D eigenvalue weighted by molar-refractivity contribution is 7.82. The molecule has 1 N–H and O–H groups in total. The number of rotatable bonds is 5. The maximum absolute atomic E-state index is 13.3. The molecule has 2 aromatic rings. The van der Waals surface area contributed by atoms with Crippen LogP contribution in [0.5, 0.6) is 0 Å². The molecule has 0 bridgehead atoms. The number of fused-ring (bicyclic) bond motifs is 1. The highest BCUT2D eigenvalue weighted by Gasteiger charge is 2.16. The van der Waals surface area contributed by atoms with Crippen LogP contribution >= 0.6 is 0 Å². The molecule has 7 heteroatoms. The van der Waals surface area contributed by atoms with Crippen LogP contribution in [0.25, 0.3) is 17.0 Å². The first-order chi connectivity index (χ1) is 13.4. The Labute approximate surface area is 168 Å². The van der Waals surface area contributed by atoms with Crippen molar-refractivity contribution in [3.05, 3.63) is 64.1 Å². The van der Waals surface area contributed by atoms with Crippen molar-refractivity contribution in [2.75, 3.05) is 44.4 Å². The van der Waals surface area contributed by atoms with E-state index < -0.39 is 11.0 Å². The highest BCUT2D eigenvalue weighted by Crippen LogP contribution is 2.20. The first-order valence-electron chi connectivity index (χ1n) is 9.20. The average Bonchev–Trinajstić information content (AvgIpc) is 2.79. The summed E-state index contributed by atoms with van der Waals surface area (Å²) in [5.41, 5.74) is 3.45. The summed E-state index contributed by atoms with van der Waals surface area (Å²) in [6, 6.07) is 5.70. The van der Waals surface area contributed by atoms with E-state index in [1.54, 1.807) is 12.2 Å². The lowest BCUT2D eigenvalue weighted by Crippen LogP contribution is -2.44. The Bertz CT molecular complexity index is 1010. The van der Waals surface area contributed by atoms with Crippen molar-refractivity contribution in [2.24, 2.45) is 0 Å². The van der Waals surface area contributed by atoms with E-state index in [0.717, 1.165) is 37.4 Å². The summed E-state index contributed by atoms with van der Waals surface area (Å²) in [7, 11) is 0.866. The highest BCUT2D eigenvalue weighted by atomic mass is 32.2. The number of nitrogens with zero attached hydrogens (tertiary/aromatic N) is 3. The molecule has 0 saturated carbocycles. The Morgan fingerprint density at radius 2 is 2.00 bits per heavy atom. The smallest absolute Gasteiger partial charge is 0.195 e. The Kier molecular flexibility index (Phi) is 6.26. The van der Waals surface area contributed by atoms with E-state index in [2.05, 4.69) is 33.1 Å². The van der Waals surface area contributed by atoms with Gasteiger partial charge in [0.25, 0.3) is 0 Å². The summed E-state index contributed by atoms with van der Waals surface area (Å²) in [5, 5.41) is 0.580. The quantitative estimate of drug-likeness (QED) is 0.781. The van der Waals surface area contributed by atoms with E-state index in [-0.39, 0.29) is 5.43 Å². The van der Waals surface area contributed by atoms with E-state index in [1.807, 2.05) is 31.3 Å². The van der Waals surface area contributed by atoms with Gasteiger partial charge < -0.3 is 14.5 Å². The van der Waals surface area contributed by atoms with Gasteiger partial charge in [-0.2, -0.15) is 0 Å². The second-order valence-electron chi connectivity index (χ2n) is 7.04. The van der Waals surface area contributed by atoms with E-state index in [9.17, 15) is 9.00 Å². The molecule has 28 heavy (non-hydrogen) atoms. The molecule has 1 aromatic heterocycles. The zero-order chi connectivity index (χ0) is 20.3. The topological polar surface area (TPSA) is 65.5 Å². The molecule has 1 fully saturated rings. The van der Waals surface area contributed by atoms with Crippen LogP contribution in [0.2, 0.25) is 0 Å². The van der Waals surface area contributed by atoms with Crippen LogP contribution in [-0.2, 0) is 11.0 Å². The van der Waals surface area contributed by atoms with E-state index in [0.29, 0.717) is 22.2 Å². The summed E-state index contributed by atoms with van der Waals surface area (Å²) in [6.07, 6.45) is 6.64. The number of allylic oxidation sites excluding steroid dienone is 1. The molecule has 3 rings (SSSR count). The van der Waals surface area contributed by atoms with Crippen molar-refractivity contribution in [3.63, 3.8) is 0 Å². The largest absolute Gasteiger partial charge is 0.368 e. The second kappa shape index (κ2) is 8.67. The normalized spacial score (nSPS) is 16.8. The van der Waals surface area contributed by atoms with E-state index in [1.165, 1.54) is 6.26 Å². The standard InChI is InChI=1S/C21H26N4O2S/c1-5-16(23-28(4)27)12-18-15(2)6-7-20-19(21(18)26)13-17(14-22-20)25-10-8-24(3)9-11-25/h5-7,12-14,23H,1,8-11H2,2-4H3/b16-12+. The molecule has 1 atom stereocenters. The van der Waals surface area contributed by atoms with E-state index >= 15 is 0 Å². The summed E-state index contributed by atoms with van der Waals surface area (Å²) in [6.45, 7) is 9.42. The molecule has 0 spiro atoms. The van der Waals surface area contributed by atoms with Crippen molar-refractivity contribution in [2.45, 2.75) is 6.92 Å². The zero-order valence-corrected chi connectivity index (χ0v) is 17.4. The molecule has 1 aliphatic heterocycles. The minimum Gasteiger partial charge on any atom is -0.368 e. The van der Waals surface area contributed by atoms with Crippen molar-refractivity contribution in [3.8, 4) is 0 Å². The third-order valence-corrected chi connectivity index (χ3v) is 5.48. The minimum absolute atomic E-state index is 0.0935. The molecule has 0 amide bonds. The van der Waals surface area contributed by atoms with Crippen LogP contribution in [0.4, 0.5) is 5.69 Å². The van der Waals surface area contributed by atoms with Gasteiger partial charge in [0.1, 0.15) is 11.0 Å². The Balaban J connectivity index is 2.13. The first-order valence-corrected chi connectivity index (χ1v) is 10.8. The lowest BCUT2D eigenvalue weighted by molar-refractivity contribution is 0.313. The molecule has 2 heterocycles. The fourth-order valence-electron chi connectivity index (χ4n) is 3.27. The van der Waals surface area contributed by atoms with Gasteiger partial charge in [-0.15, -0.1) is 0 Å². The van der Waals surface area contributed by atoms with Gasteiger partial charge in [-0.3, -0.25) is 9.78 Å². The monoisotopic (exact) mass is 398 g/mol. The minimum atomic E-state index is -1.25. The fourth-order valence-corrected chi connectivity index (χ4v) is 3.74. The number of nitrogens with one attached hydrogen (secondary N) is 1. The number of hydrogen-bond donors (Lipinski definition) is 1. The Morgan fingerprint density at radius 3 is 2.64 bits per heavy atom. The van der Waals surface area contributed by atoms with Gasteiger partial charge in [-0.25, -0.2) is 4.21 Å². The molecular formula is C21H26N4O2S. The van der Waals surface area contributed by atoms with Crippen molar-refractivity contribution >= 4 is 33.7 Å². The lowest BCUT2D eigenvalue weighted by atomic mass is 10.1. The van der Waals surface area contributed by atoms with Crippen LogP contribution in [-0.4, -0.2) is 53.6 Å².